The van der Waals surface area contributed by atoms with Gasteiger partial charge in [0.1, 0.15) is 0 Å². The number of ether oxygens (including phenoxy) is 1. The van der Waals surface area contributed by atoms with Gasteiger partial charge in [-0.2, -0.15) is 0 Å². The Kier molecular flexibility index (Phi) is 6.29. The van der Waals surface area contributed by atoms with Crippen molar-refractivity contribution in [3.63, 3.8) is 0 Å². The second-order valence-electron chi connectivity index (χ2n) is 4.12. The van der Waals surface area contributed by atoms with Gasteiger partial charge in [-0.25, -0.2) is 0 Å². The quantitative estimate of drug-likeness (QED) is 0.644. The summed E-state index contributed by atoms with van der Waals surface area (Å²) < 4.78 is 5.35. The zero-order valence-electron chi connectivity index (χ0n) is 9.68. The standard InChI is InChI=1S/C10H24N2O/c1-10(2,13-5)6-8-12(4)9-7-11-3/h11H,6-9H2,1-5H3. The highest BCUT2D eigenvalue weighted by Crippen LogP contribution is 2.12. The molecule has 3 heteroatoms. The van der Waals surface area contributed by atoms with Crippen LogP contribution in [0, 0.1) is 0 Å². The summed E-state index contributed by atoms with van der Waals surface area (Å²) in [4.78, 5) is 2.32. The van der Waals surface area contributed by atoms with E-state index in [0.29, 0.717) is 0 Å². The summed E-state index contributed by atoms with van der Waals surface area (Å²) in [5, 5.41) is 3.14. The predicted molar refractivity (Wildman–Crippen MR) is 57.1 cm³/mol. The highest BCUT2D eigenvalue weighted by Gasteiger charge is 2.16. The van der Waals surface area contributed by atoms with E-state index in [1.54, 1.807) is 7.11 Å². The number of nitrogens with one attached hydrogen (secondary N) is 1. The third-order valence-corrected chi connectivity index (χ3v) is 2.39. The van der Waals surface area contributed by atoms with Gasteiger partial charge in [-0.3, -0.25) is 0 Å². The maximum Gasteiger partial charge on any atom is 0.0634 e. The van der Waals surface area contributed by atoms with Crippen molar-refractivity contribution in [1.29, 1.82) is 0 Å². The third kappa shape index (κ3) is 6.99. The molecule has 0 aliphatic heterocycles. The van der Waals surface area contributed by atoms with Gasteiger partial charge < -0.3 is 15.0 Å². The lowest BCUT2D eigenvalue weighted by molar-refractivity contribution is 0.00924. The van der Waals surface area contributed by atoms with Crippen molar-refractivity contribution in [2.45, 2.75) is 25.9 Å². The van der Waals surface area contributed by atoms with Crippen molar-refractivity contribution in [1.82, 2.24) is 10.2 Å². The predicted octanol–water partition coefficient (Wildman–Crippen LogP) is 0.953. The van der Waals surface area contributed by atoms with Gasteiger partial charge in [0.25, 0.3) is 0 Å². The smallest absolute Gasteiger partial charge is 0.0634 e. The minimum atomic E-state index is 0.00784. The number of nitrogens with zero attached hydrogens (tertiary/aromatic N) is 1. The Morgan fingerprint density at radius 2 is 1.92 bits per heavy atom. The maximum atomic E-state index is 5.35. The molecule has 0 saturated carbocycles. The fourth-order valence-corrected chi connectivity index (χ4v) is 0.977. The molecule has 0 amide bonds. The molecule has 0 aromatic heterocycles. The molecule has 80 valence electrons. The fraction of sp³-hybridized carbons (Fsp3) is 1.00. The lowest BCUT2D eigenvalue weighted by Crippen LogP contribution is -2.33. The second-order valence-corrected chi connectivity index (χ2v) is 4.12. The molecule has 0 heterocycles. The van der Waals surface area contributed by atoms with Crippen molar-refractivity contribution in [2.75, 3.05) is 40.8 Å². The van der Waals surface area contributed by atoms with Crippen LogP contribution in [0.4, 0.5) is 0 Å². The first-order valence-corrected chi connectivity index (χ1v) is 4.90. The topological polar surface area (TPSA) is 24.5 Å². The van der Waals surface area contributed by atoms with Crippen LogP contribution in [0.1, 0.15) is 20.3 Å². The molecule has 3 nitrogen and oxygen atoms in total. The Balaban J connectivity index is 3.51. The van der Waals surface area contributed by atoms with Gasteiger partial charge in [-0.15, -0.1) is 0 Å². The SMILES string of the molecule is CNCCN(C)CCC(C)(C)OC. The molecule has 0 aliphatic carbocycles. The summed E-state index contributed by atoms with van der Waals surface area (Å²) in [6.07, 6.45) is 1.07. The van der Waals surface area contributed by atoms with Gasteiger partial charge in [-0.1, -0.05) is 0 Å². The van der Waals surface area contributed by atoms with E-state index in [0.717, 1.165) is 26.1 Å². The number of hydrogen-bond acceptors (Lipinski definition) is 3. The van der Waals surface area contributed by atoms with Crippen LogP contribution < -0.4 is 5.32 Å². The van der Waals surface area contributed by atoms with Crippen molar-refractivity contribution < 1.29 is 4.74 Å². The number of rotatable bonds is 7. The molecule has 0 saturated heterocycles. The molecule has 0 atom stereocenters. The molecular weight excluding hydrogens is 164 g/mol. The average molecular weight is 188 g/mol. The van der Waals surface area contributed by atoms with Crippen LogP contribution in [-0.4, -0.2) is 51.3 Å². The van der Waals surface area contributed by atoms with E-state index in [1.165, 1.54) is 0 Å². The summed E-state index contributed by atoms with van der Waals surface area (Å²) in [6, 6.07) is 0. The van der Waals surface area contributed by atoms with Crippen molar-refractivity contribution in [3.8, 4) is 0 Å². The average Bonchev–Trinajstić information content (AvgIpc) is 2.11. The molecule has 0 spiro atoms. The Morgan fingerprint density at radius 1 is 1.31 bits per heavy atom. The van der Waals surface area contributed by atoms with Gasteiger partial charge in [0.15, 0.2) is 0 Å². The molecule has 13 heavy (non-hydrogen) atoms. The zero-order chi connectivity index (χ0) is 10.3. The summed E-state index contributed by atoms with van der Waals surface area (Å²) in [7, 11) is 5.89. The van der Waals surface area contributed by atoms with Crippen molar-refractivity contribution >= 4 is 0 Å². The maximum absolute atomic E-state index is 5.35. The second kappa shape index (κ2) is 6.35. The van der Waals surface area contributed by atoms with Crippen LogP contribution in [-0.2, 0) is 4.74 Å². The summed E-state index contributed by atoms with van der Waals surface area (Å²) >= 11 is 0. The highest BCUT2D eigenvalue weighted by atomic mass is 16.5. The molecule has 0 fully saturated rings. The molecule has 0 aliphatic rings. The molecular formula is C10H24N2O. The highest BCUT2D eigenvalue weighted by molar-refractivity contribution is 4.69. The van der Waals surface area contributed by atoms with Gasteiger partial charge in [0.2, 0.25) is 0 Å². The Labute approximate surface area is 82.4 Å². The van der Waals surface area contributed by atoms with Crippen LogP contribution in [0.3, 0.4) is 0 Å². The molecule has 0 rings (SSSR count). The van der Waals surface area contributed by atoms with Gasteiger partial charge >= 0.3 is 0 Å². The normalized spacial score (nSPS) is 12.5. The van der Waals surface area contributed by atoms with E-state index in [-0.39, 0.29) is 5.60 Å². The van der Waals surface area contributed by atoms with Crippen LogP contribution in [0.2, 0.25) is 0 Å². The summed E-state index contributed by atoms with van der Waals surface area (Å²) in [5.41, 5.74) is 0.00784. The third-order valence-electron chi connectivity index (χ3n) is 2.39. The summed E-state index contributed by atoms with van der Waals surface area (Å²) in [6.45, 7) is 7.47. The Morgan fingerprint density at radius 3 is 2.38 bits per heavy atom. The molecule has 0 aromatic rings. The molecule has 1 N–H and O–H groups in total. The van der Waals surface area contributed by atoms with E-state index in [1.807, 2.05) is 7.05 Å². The van der Waals surface area contributed by atoms with E-state index in [4.69, 9.17) is 4.74 Å². The summed E-state index contributed by atoms with van der Waals surface area (Å²) in [5.74, 6) is 0. The van der Waals surface area contributed by atoms with Crippen molar-refractivity contribution in [3.05, 3.63) is 0 Å². The van der Waals surface area contributed by atoms with E-state index >= 15 is 0 Å². The number of methoxy groups -OCH3 is 1. The first-order chi connectivity index (χ1) is 6.02. The van der Waals surface area contributed by atoms with Gasteiger partial charge in [-0.05, 0) is 34.4 Å². The Bertz CT molecular complexity index is 126. The van der Waals surface area contributed by atoms with Crippen molar-refractivity contribution in [2.24, 2.45) is 0 Å². The largest absolute Gasteiger partial charge is 0.379 e. The first-order valence-electron chi connectivity index (χ1n) is 4.90. The van der Waals surface area contributed by atoms with Crippen LogP contribution in [0.15, 0.2) is 0 Å². The van der Waals surface area contributed by atoms with E-state index in [9.17, 15) is 0 Å². The van der Waals surface area contributed by atoms with Gasteiger partial charge in [0, 0.05) is 26.7 Å². The van der Waals surface area contributed by atoms with Crippen LogP contribution >= 0.6 is 0 Å². The number of hydrogen-bond donors (Lipinski definition) is 1. The lowest BCUT2D eigenvalue weighted by atomic mass is 10.1. The van der Waals surface area contributed by atoms with Crippen LogP contribution in [0.25, 0.3) is 0 Å². The lowest BCUT2D eigenvalue weighted by Gasteiger charge is -2.26. The van der Waals surface area contributed by atoms with E-state index in [2.05, 4.69) is 31.1 Å². The monoisotopic (exact) mass is 188 g/mol. The number of likely N-dealkylation sites (N-methyl/N-ethyl adjacent to an activating group) is 2. The fourth-order valence-electron chi connectivity index (χ4n) is 0.977. The molecule has 0 unspecified atom stereocenters. The molecule has 0 aromatic carbocycles. The van der Waals surface area contributed by atoms with E-state index < -0.39 is 0 Å². The zero-order valence-corrected chi connectivity index (χ0v) is 9.68. The van der Waals surface area contributed by atoms with Crippen LogP contribution in [0.5, 0.6) is 0 Å². The molecule has 0 bridgehead atoms. The molecule has 0 radical (unpaired) electrons. The minimum Gasteiger partial charge on any atom is -0.379 e. The first kappa shape index (κ1) is 12.9. The Hall–Kier alpha value is -0.120. The van der Waals surface area contributed by atoms with Gasteiger partial charge in [0.05, 0.1) is 5.60 Å². The minimum absolute atomic E-state index is 0.00784.